The summed E-state index contributed by atoms with van der Waals surface area (Å²) in [6.07, 6.45) is 0. The molecule has 0 unspecified atom stereocenters. The Bertz CT molecular complexity index is 723. The van der Waals surface area contributed by atoms with Crippen molar-refractivity contribution < 1.29 is 5.11 Å². The molecule has 0 aliphatic carbocycles. The standard InChI is InChI=1S/C12H5Br3N2O/c13-5-1-2-10(18)12-11(5)16-8-3-6(14)7(15)4-9(8)17-12/h1-4,18H. The summed E-state index contributed by atoms with van der Waals surface area (Å²) in [7, 11) is 0. The van der Waals surface area contributed by atoms with Crippen LogP contribution in [0.1, 0.15) is 0 Å². The SMILES string of the molecule is Oc1ccc(Br)c2nc3cc(Br)c(Br)cc3nc12. The van der Waals surface area contributed by atoms with Crippen LogP contribution < -0.4 is 0 Å². The van der Waals surface area contributed by atoms with Gasteiger partial charge in [-0.15, -0.1) is 0 Å². The van der Waals surface area contributed by atoms with Crippen molar-refractivity contribution >= 4 is 69.9 Å². The van der Waals surface area contributed by atoms with Gasteiger partial charge in [0.1, 0.15) is 16.8 Å². The lowest BCUT2D eigenvalue weighted by Crippen LogP contribution is -1.89. The minimum atomic E-state index is 0.127. The molecule has 0 spiro atoms. The van der Waals surface area contributed by atoms with E-state index in [1.165, 1.54) is 0 Å². The summed E-state index contributed by atoms with van der Waals surface area (Å²) in [6.45, 7) is 0. The van der Waals surface area contributed by atoms with E-state index in [1.54, 1.807) is 12.1 Å². The van der Waals surface area contributed by atoms with Crippen LogP contribution in [0.4, 0.5) is 0 Å². The van der Waals surface area contributed by atoms with E-state index < -0.39 is 0 Å². The van der Waals surface area contributed by atoms with Crippen molar-refractivity contribution in [2.45, 2.75) is 0 Å². The van der Waals surface area contributed by atoms with E-state index in [0.29, 0.717) is 11.0 Å². The minimum absolute atomic E-state index is 0.127. The number of halogens is 3. The Morgan fingerprint density at radius 3 is 1.94 bits per heavy atom. The second-order valence-electron chi connectivity index (χ2n) is 3.74. The van der Waals surface area contributed by atoms with Crippen molar-refractivity contribution in [2.75, 3.05) is 0 Å². The van der Waals surface area contributed by atoms with Gasteiger partial charge < -0.3 is 5.11 Å². The van der Waals surface area contributed by atoms with E-state index in [2.05, 4.69) is 57.8 Å². The number of phenols is 1. The maximum absolute atomic E-state index is 9.83. The lowest BCUT2D eigenvalue weighted by atomic mass is 10.2. The first-order valence-electron chi connectivity index (χ1n) is 5.00. The Labute approximate surface area is 128 Å². The lowest BCUT2D eigenvalue weighted by Gasteiger charge is -2.05. The first kappa shape index (κ1) is 12.3. The molecule has 6 heteroatoms. The smallest absolute Gasteiger partial charge is 0.143 e. The Morgan fingerprint density at radius 1 is 0.778 bits per heavy atom. The van der Waals surface area contributed by atoms with Crippen molar-refractivity contribution in [1.29, 1.82) is 0 Å². The quantitative estimate of drug-likeness (QED) is 0.520. The molecular weight excluding hydrogens is 428 g/mol. The molecule has 0 fully saturated rings. The Balaban J connectivity index is 2.51. The molecule has 18 heavy (non-hydrogen) atoms. The number of rotatable bonds is 0. The number of aromatic hydroxyl groups is 1. The highest BCUT2D eigenvalue weighted by Crippen LogP contribution is 2.32. The first-order valence-corrected chi connectivity index (χ1v) is 7.38. The molecule has 0 atom stereocenters. The summed E-state index contributed by atoms with van der Waals surface area (Å²) in [5.74, 6) is 0.127. The van der Waals surface area contributed by atoms with Crippen LogP contribution in [-0.4, -0.2) is 15.1 Å². The van der Waals surface area contributed by atoms with Crippen molar-refractivity contribution in [3.8, 4) is 5.75 Å². The van der Waals surface area contributed by atoms with Gasteiger partial charge >= 0.3 is 0 Å². The van der Waals surface area contributed by atoms with E-state index in [9.17, 15) is 5.11 Å². The summed E-state index contributed by atoms with van der Waals surface area (Å²) >= 11 is 10.3. The highest BCUT2D eigenvalue weighted by atomic mass is 79.9. The Kier molecular flexibility index (Phi) is 3.03. The molecule has 3 rings (SSSR count). The summed E-state index contributed by atoms with van der Waals surface area (Å²) in [4.78, 5) is 8.97. The van der Waals surface area contributed by atoms with Crippen LogP contribution in [0.25, 0.3) is 22.1 Å². The van der Waals surface area contributed by atoms with Gasteiger partial charge in [0.15, 0.2) is 0 Å². The zero-order chi connectivity index (χ0) is 12.9. The summed E-state index contributed by atoms with van der Waals surface area (Å²) in [6, 6.07) is 7.11. The zero-order valence-electron chi connectivity index (χ0n) is 8.78. The maximum Gasteiger partial charge on any atom is 0.143 e. The van der Waals surface area contributed by atoms with Gasteiger partial charge in [-0.25, -0.2) is 9.97 Å². The predicted octanol–water partition coefficient (Wildman–Crippen LogP) is 4.78. The van der Waals surface area contributed by atoms with Gasteiger partial charge in [0.25, 0.3) is 0 Å². The van der Waals surface area contributed by atoms with Gasteiger partial charge in [-0.2, -0.15) is 0 Å². The van der Waals surface area contributed by atoms with Crippen molar-refractivity contribution in [2.24, 2.45) is 0 Å². The van der Waals surface area contributed by atoms with Gasteiger partial charge in [-0.3, -0.25) is 0 Å². The van der Waals surface area contributed by atoms with E-state index in [4.69, 9.17) is 0 Å². The van der Waals surface area contributed by atoms with E-state index in [0.717, 1.165) is 24.5 Å². The molecule has 1 heterocycles. The first-order chi connectivity index (χ1) is 8.56. The summed E-state index contributed by atoms with van der Waals surface area (Å²) in [5, 5.41) is 9.83. The lowest BCUT2D eigenvalue weighted by molar-refractivity contribution is 0.480. The number of hydrogen-bond acceptors (Lipinski definition) is 3. The highest BCUT2D eigenvalue weighted by Gasteiger charge is 2.10. The third-order valence-corrected chi connectivity index (χ3v) is 5.05. The Morgan fingerprint density at radius 2 is 1.33 bits per heavy atom. The summed E-state index contributed by atoms with van der Waals surface area (Å²) < 4.78 is 2.63. The second-order valence-corrected chi connectivity index (χ2v) is 6.31. The van der Waals surface area contributed by atoms with Crippen LogP contribution >= 0.6 is 47.8 Å². The second kappa shape index (κ2) is 4.43. The molecule has 3 nitrogen and oxygen atoms in total. The third kappa shape index (κ3) is 1.92. The molecule has 0 amide bonds. The van der Waals surface area contributed by atoms with Crippen LogP contribution in [0.3, 0.4) is 0 Å². The topological polar surface area (TPSA) is 46.0 Å². The molecule has 0 aliphatic rings. The van der Waals surface area contributed by atoms with Gasteiger partial charge in [-0.1, -0.05) is 0 Å². The fourth-order valence-electron chi connectivity index (χ4n) is 1.71. The number of nitrogens with zero attached hydrogens (tertiary/aromatic N) is 2. The van der Waals surface area contributed by atoms with Gasteiger partial charge in [0.2, 0.25) is 0 Å². The third-order valence-electron chi connectivity index (χ3n) is 2.56. The molecule has 0 saturated heterocycles. The van der Waals surface area contributed by atoms with Gasteiger partial charge in [0.05, 0.1) is 11.0 Å². The van der Waals surface area contributed by atoms with Gasteiger partial charge in [0, 0.05) is 13.4 Å². The van der Waals surface area contributed by atoms with Gasteiger partial charge in [-0.05, 0) is 72.1 Å². The largest absolute Gasteiger partial charge is 0.506 e. The molecule has 0 aliphatic heterocycles. The van der Waals surface area contributed by atoms with Crippen molar-refractivity contribution in [1.82, 2.24) is 9.97 Å². The Hall–Kier alpha value is -0.720. The molecule has 90 valence electrons. The zero-order valence-corrected chi connectivity index (χ0v) is 13.5. The molecule has 1 aromatic heterocycles. The molecule has 0 bridgehead atoms. The summed E-state index contributed by atoms with van der Waals surface area (Å²) in [5.41, 5.74) is 2.64. The molecular formula is C12H5Br3N2O. The monoisotopic (exact) mass is 430 g/mol. The fourth-order valence-corrected chi connectivity index (χ4v) is 2.78. The van der Waals surface area contributed by atoms with Crippen LogP contribution in [0, 0.1) is 0 Å². The maximum atomic E-state index is 9.83. The number of aromatic nitrogens is 2. The number of benzene rings is 2. The number of hydrogen-bond donors (Lipinski definition) is 1. The van der Waals surface area contributed by atoms with Crippen molar-refractivity contribution in [3.05, 3.63) is 37.7 Å². The average Bonchev–Trinajstić information content (AvgIpc) is 2.34. The van der Waals surface area contributed by atoms with Crippen LogP contribution in [-0.2, 0) is 0 Å². The van der Waals surface area contributed by atoms with Crippen LogP contribution in [0.15, 0.2) is 37.7 Å². The van der Waals surface area contributed by atoms with E-state index >= 15 is 0 Å². The molecule has 3 aromatic rings. The molecule has 1 N–H and O–H groups in total. The number of phenolic OH excluding ortho intramolecular Hbond substituents is 1. The normalized spacial score (nSPS) is 11.3. The fraction of sp³-hybridized carbons (Fsp3) is 0. The van der Waals surface area contributed by atoms with Crippen molar-refractivity contribution in [3.63, 3.8) is 0 Å². The number of fused-ring (bicyclic) bond motifs is 2. The molecule has 0 saturated carbocycles. The minimum Gasteiger partial charge on any atom is -0.506 e. The van der Waals surface area contributed by atoms with E-state index in [1.807, 2.05) is 12.1 Å². The predicted molar refractivity (Wildman–Crippen MR) is 81.8 cm³/mol. The average molecular weight is 433 g/mol. The van der Waals surface area contributed by atoms with Crippen LogP contribution in [0.2, 0.25) is 0 Å². The highest BCUT2D eigenvalue weighted by molar-refractivity contribution is 9.13. The molecule has 0 radical (unpaired) electrons. The van der Waals surface area contributed by atoms with Crippen LogP contribution in [0.5, 0.6) is 5.75 Å². The molecule has 2 aromatic carbocycles. The van der Waals surface area contributed by atoms with E-state index in [-0.39, 0.29) is 5.75 Å².